The molecule has 0 atom stereocenters. The summed E-state index contributed by atoms with van der Waals surface area (Å²) < 4.78 is 4.86. The minimum Gasteiger partial charge on any atom is -0.465 e. The van der Waals surface area contributed by atoms with Crippen LogP contribution >= 0.6 is 0 Å². The van der Waals surface area contributed by atoms with Gasteiger partial charge in [-0.3, -0.25) is 0 Å². The van der Waals surface area contributed by atoms with Gasteiger partial charge in [0.25, 0.3) is 0 Å². The zero-order valence-electron chi connectivity index (χ0n) is 18.3. The van der Waals surface area contributed by atoms with Crippen LogP contribution in [0.1, 0.15) is 79.0 Å². The number of carbonyl (C=O) groups excluding carboxylic acids is 1. The van der Waals surface area contributed by atoms with Crippen LogP contribution in [0.2, 0.25) is 0 Å². The second kappa shape index (κ2) is 9.02. The Morgan fingerprint density at radius 3 is 2.67 bits per heavy atom. The number of ether oxygens (including phenoxy) is 1. The number of hydrogen-bond donors (Lipinski definition) is 1. The van der Waals surface area contributed by atoms with Crippen molar-refractivity contribution < 1.29 is 9.53 Å². The molecule has 6 heteroatoms. The van der Waals surface area contributed by atoms with Crippen molar-refractivity contribution in [3.8, 4) is 0 Å². The second-order valence-electron chi connectivity index (χ2n) is 8.76. The maximum Gasteiger partial charge on any atom is 0.337 e. The first-order valence-corrected chi connectivity index (χ1v) is 11.1. The summed E-state index contributed by atoms with van der Waals surface area (Å²) in [5, 5.41) is 3.60. The van der Waals surface area contributed by atoms with Gasteiger partial charge in [0.1, 0.15) is 5.82 Å². The van der Waals surface area contributed by atoms with Gasteiger partial charge in [0.05, 0.1) is 18.4 Å². The predicted molar refractivity (Wildman–Crippen MR) is 119 cm³/mol. The Bertz CT molecular complexity index is 906. The fraction of sp³-hybridized carbons (Fsp3) is 0.542. The molecule has 1 aliphatic carbocycles. The van der Waals surface area contributed by atoms with Gasteiger partial charge in [-0.25, -0.2) is 9.78 Å². The number of esters is 1. The van der Waals surface area contributed by atoms with Crippen LogP contribution in [0, 0.1) is 0 Å². The minimum absolute atomic E-state index is 0.281. The second-order valence-corrected chi connectivity index (χ2v) is 8.76. The smallest absolute Gasteiger partial charge is 0.337 e. The van der Waals surface area contributed by atoms with E-state index < -0.39 is 0 Å². The van der Waals surface area contributed by atoms with E-state index in [1.54, 1.807) is 0 Å². The number of hydrogen-bond acceptors (Lipinski definition) is 6. The van der Waals surface area contributed by atoms with Gasteiger partial charge in [-0.1, -0.05) is 39.2 Å². The van der Waals surface area contributed by atoms with Gasteiger partial charge < -0.3 is 15.0 Å². The summed E-state index contributed by atoms with van der Waals surface area (Å²) in [5.41, 5.74) is 4.14. The van der Waals surface area contributed by atoms with Crippen LogP contribution in [0.15, 0.2) is 24.3 Å². The van der Waals surface area contributed by atoms with Crippen molar-refractivity contribution in [2.24, 2.45) is 0 Å². The van der Waals surface area contributed by atoms with Gasteiger partial charge >= 0.3 is 5.97 Å². The van der Waals surface area contributed by atoms with Crippen LogP contribution < -0.4 is 10.2 Å². The van der Waals surface area contributed by atoms with Crippen molar-refractivity contribution in [2.75, 3.05) is 23.9 Å². The maximum atomic E-state index is 11.8. The Hall–Kier alpha value is -2.63. The lowest BCUT2D eigenvalue weighted by molar-refractivity contribution is 0.0600. The van der Waals surface area contributed by atoms with Crippen molar-refractivity contribution in [2.45, 2.75) is 70.9 Å². The average Bonchev–Trinajstić information content (AvgIpc) is 2.78. The van der Waals surface area contributed by atoms with Crippen LogP contribution in [0.4, 0.5) is 11.8 Å². The molecular formula is C24H32N4O2. The van der Waals surface area contributed by atoms with E-state index in [0.29, 0.717) is 17.5 Å². The van der Waals surface area contributed by atoms with Crippen molar-refractivity contribution in [1.82, 2.24) is 9.97 Å². The topological polar surface area (TPSA) is 67.3 Å². The lowest BCUT2D eigenvalue weighted by Crippen LogP contribution is -2.32. The summed E-state index contributed by atoms with van der Waals surface area (Å²) in [6.45, 7) is 6.01. The fourth-order valence-electron chi connectivity index (χ4n) is 4.40. The first-order valence-electron chi connectivity index (χ1n) is 11.1. The first-order chi connectivity index (χ1) is 14.5. The predicted octanol–water partition coefficient (Wildman–Crippen LogP) is 4.69. The molecule has 1 aromatic heterocycles. The van der Waals surface area contributed by atoms with Gasteiger partial charge in [0.2, 0.25) is 5.95 Å². The third-order valence-corrected chi connectivity index (χ3v) is 6.23. The van der Waals surface area contributed by atoms with Gasteiger partial charge in [-0.15, -0.1) is 0 Å². The van der Waals surface area contributed by atoms with Gasteiger partial charge in [-0.2, -0.15) is 4.98 Å². The SMILES string of the molecule is COC(=O)c1ccc2c(c1)CCN(c1cc(C(C)C)nc(NC3CCCCC3)n1)C2. The molecule has 1 saturated carbocycles. The highest BCUT2D eigenvalue weighted by Crippen LogP contribution is 2.28. The van der Waals surface area contributed by atoms with E-state index in [4.69, 9.17) is 14.7 Å². The summed E-state index contributed by atoms with van der Waals surface area (Å²) in [6.07, 6.45) is 7.18. The molecule has 2 heterocycles. The maximum absolute atomic E-state index is 11.8. The van der Waals surface area contributed by atoms with Gasteiger partial charge in [0, 0.05) is 25.2 Å². The van der Waals surface area contributed by atoms with Crippen LogP contribution in [-0.4, -0.2) is 35.6 Å². The van der Waals surface area contributed by atoms with E-state index in [9.17, 15) is 4.79 Å². The summed E-state index contributed by atoms with van der Waals surface area (Å²) in [4.78, 5) is 23.9. The van der Waals surface area contributed by atoms with Gasteiger partial charge in [0.15, 0.2) is 0 Å². The Labute approximate surface area is 179 Å². The lowest BCUT2D eigenvalue weighted by Gasteiger charge is -2.31. The van der Waals surface area contributed by atoms with Crippen LogP contribution in [-0.2, 0) is 17.7 Å². The molecule has 30 heavy (non-hydrogen) atoms. The molecule has 1 N–H and O–H groups in total. The van der Waals surface area contributed by atoms with E-state index in [0.717, 1.165) is 37.0 Å². The number of benzene rings is 1. The molecule has 0 radical (unpaired) electrons. The van der Waals surface area contributed by atoms with Crippen molar-refractivity contribution in [1.29, 1.82) is 0 Å². The average molecular weight is 409 g/mol. The molecular weight excluding hydrogens is 376 g/mol. The Balaban J connectivity index is 1.56. The third-order valence-electron chi connectivity index (χ3n) is 6.23. The summed E-state index contributed by atoms with van der Waals surface area (Å²) >= 11 is 0. The zero-order chi connectivity index (χ0) is 21.1. The summed E-state index contributed by atoms with van der Waals surface area (Å²) in [7, 11) is 1.42. The molecule has 0 saturated heterocycles. The first kappa shape index (κ1) is 20.6. The minimum atomic E-state index is -0.281. The van der Waals surface area contributed by atoms with Crippen LogP contribution in [0.25, 0.3) is 0 Å². The molecule has 0 amide bonds. The largest absolute Gasteiger partial charge is 0.465 e. The lowest BCUT2D eigenvalue weighted by atomic mass is 9.96. The number of rotatable bonds is 5. The number of carbonyl (C=O) groups is 1. The molecule has 0 spiro atoms. The number of anilines is 2. The third kappa shape index (κ3) is 4.58. The van der Waals surface area contributed by atoms with Crippen molar-refractivity contribution in [3.05, 3.63) is 46.6 Å². The monoisotopic (exact) mass is 408 g/mol. The summed E-state index contributed by atoms with van der Waals surface area (Å²) in [6, 6.07) is 8.47. The number of fused-ring (bicyclic) bond motifs is 1. The van der Waals surface area contributed by atoms with Crippen molar-refractivity contribution in [3.63, 3.8) is 0 Å². The Morgan fingerprint density at radius 1 is 1.13 bits per heavy atom. The Morgan fingerprint density at radius 2 is 1.93 bits per heavy atom. The number of nitrogens with zero attached hydrogens (tertiary/aromatic N) is 3. The molecule has 2 aliphatic rings. The molecule has 1 aliphatic heterocycles. The molecule has 0 unspecified atom stereocenters. The fourth-order valence-corrected chi connectivity index (χ4v) is 4.40. The van der Waals surface area contributed by atoms with E-state index in [1.807, 2.05) is 18.2 Å². The molecule has 0 bridgehead atoms. The van der Waals surface area contributed by atoms with Gasteiger partial charge in [-0.05, 0) is 48.4 Å². The molecule has 6 nitrogen and oxygen atoms in total. The van der Waals surface area contributed by atoms with Crippen molar-refractivity contribution >= 4 is 17.7 Å². The zero-order valence-corrected chi connectivity index (χ0v) is 18.3. The summed E-state index contributed by atoms with van der Waals surface area (Å²) in [5.74, 6) is 1.80. The quantitative estimate of drug-likeness (QED) is 0.724. The number of methoxy groups -OCH3 is 1. The molecule has 160 valence electrons. The van der Waals surface area contributed by atoms with E-state index in [2.05, 4.69) is 30.1 Å². The highest BCUT2D eigenvalue weighted by molar-refractivity contribution is 5.89. The van der Waals surface area contributed by atoms with E-state index >= 15 is 0 Å². The normalized spacial score (nSPS) is 17.0. The molecule has 1 aromatic carbocycles. The highest BCUT2D eigenvalue weighted by atomic mass is 16.5. The molecule has 4 rings (SSSR count). The highest BCUT2D eigenvalue weighted by Gasteiger charge is 2.22. The Kier molecular flexibility index (Phi) is 6.21. The van der Waals surface area contributed by atoms with E-state index in [1.165, 1.54) is 50.3 Å². The standard InChI is InChI=1S/C24H32N4O2/c1-16(2)21-14-22(27-24(26-21)25-20-7-5-4-6-8-20)28-12-11-17-13-18(23(29)30-3)9-10-19(17)15-28/h9-10,13-14,16,20H,4-8,11-12,15H2,1-3H3,(H,25,26,27). The molecule has 1 fully saturated rings. The van der Waals surface area contributed by atoms with E-state index in [-0.39, 0.29) is 5.97 Å². The van der Waals surface area contributed by atoms with Crippen LogP contribution in [0.5, 0.6) is 0 Å². The number of aromatic nitrogens is 2. The molecule has 2 aromatic rings. The van der Waals surface area contributed by atoms with Crippen LogP contribution in [0.3, 0.4) is 0 Å². The number of nitrogens with one attached hydrogen (secondary N) is 1.